The molecule has 0 bridgehead atoms. The number of carbonyl (C=O) groups is 2. The van der Waals surface area contributed by atoms with Gasteiger partial charge in [-0.05, 0) is 31.2 Å². The Hall–Kier alpha value is -2.97. The highest BCUT2D eigenvalue weighted by Gasteiger charge is 2.35. The molecule has 0 aromatic carbocycles. The van der Waals surface area contributed by atoms with Crippen LogP contribution in [0.15, 0.2) is 36.5 Å². The van der Waals surface area contributed by atoms with Crippen molar-refractivity contribution in [2.75, 3.05) is 26.7 Å². The molecule has 1 atom stereocenters. The van der Waals surface area contributed by atoms with Crippen LogP contribution in [0, 0.1) is 12.8 Å². The molecule has 154 valence electrons. The molecule has 0 N–H and O–H groups in total. The van der Waals surface area contributed by atoms with E-state index in [-0.39, 0.29) is 23.7 Å². The molecular weight excluding hydrogens is 385 g/mol. The van der Waals surface area contributed by atoms with E-state index >= 15 is 0 Å². The number of amides is 2. The van der Waals surface area contributed by atoms with Gasteiger partial charge in [-0.25, -0.2) is 4.98 Å². The Balaban J connectivity index is 1.83. The summed E-state index contributed by atoms with van der Waals surface area (Å²) in [7, 11) is 1.67. The van der Waals surface area contributed by atoms with Crippen LogP contribution >= 0.6 is 0 Å². The molecule has 1 aliphatic heterocycles. The summed E-state index contributed by atoms with van der Waals surface area (Å²) in [5, 5.41) is 0. The lowest BCUT2D eigenvalue weighted by atomic mass is 10.0. The van der Waals surface area contributed by atoms with E-state index in [9.17, 15) is 22.8 Å². The lowest BCUT2D eigenvalue weighted by Crippen LogP contribution is -2.38. The molecule has 9 heteroatoms. The Morgan fingerprint density at radius 3 is 2.59 bits per heavy atom. The predicted octanol–water partition coefficient (Wildman–Crippen LogP) is 2.58. The maximum atomic E-state index is 13.0. The quantitative estimate of drug-likeness (QED) is 0.786. The number of alkyl halides is 3. The van der Waals surface area contributed by atoms with Crippen LogP contribution in [0.4, 0.5) is 13.2 Å². The second-order valence-corrected chi connectivity index (χ2v) is 7.06. The Morgan fingerprint density at radius 2 is 1.97 bits per heavy atom. The molecular formula is C20H21F3N4O2. The third kappa shape index (κ3) is 4.72. The number of carbonyl (C=O) groups excluding carboxylic acids is 2. The standard InChI is InChI=1S/C20H21F3N4O2/c1-13-16(6-7-17(25-13)20(21,22)23)19(29)27-10-9-26(2)18(28)14(12-27)11-15-5-3-4-8-24-15/h3-8,14H,9-12H2,1-2H3/t14-/m0/s1. The molecule has 0 saturated carbocycles. The molecule has 3 rings (SSSR count). The first-order valence-electron chi connectivity index (χ1n) is 9.16. The zero-order valence-electron chi connectivity index (χ0n) is 16.1. The fourth-order valence-electron chi connectivity index (χ4n) is 3.35. The van der Waals surface area contributed by atoms with Gasteiger partial charge >= 0.3 is 6.18 Å². The van der Waals surface area contributed by atoms with Crippen molar-refractivity contribution in [1.82, 2.24) is 19.8 Å². The molecule has 3 heterocycles. The number of nitrogens with zero attached hydrogens (tertiary/aromatic N) is 4. The van der Waals surface area contributed by atoms with Crippen LogP contribution in [0.25, 0.3) is 0 Å². The topological polar surface area (TPSA) is 66.4 Å². The zero-order valence-corrected chi connectivity index (χ0v) is 16.1. The number of rotatable bonds is 3. The normalized spacial score (nSPS) is 18.0. The van der Waals surface area contributed by atoms with Crippen LogP contribution in [0.2, 0.25) is 0 Å². The molecule has 6 nitrogen and oxygen atoms in total. The van der Waals surface area contributed by atoms with E-state index in [2.05, 4.69) is 9.97 Å². The summed E-state index contributed by atoms with van der Waals surface area (Å²) in [6.07, 6.45) is -2.56. The van der Waals surface area contributed by atoms with E-state index in [1.165, 1.54) is 11.8 Å². The zero-order chi connectivity index (χ0) is 21.2. The average molecular weight is 406 g/mol. The van der Waals surface area contributed by atoms with Crippen molar-refractivity contribution in [3.8, 4) is 0 Å². The van der Waals surface area contributed by atoms with Gasteiger partial charge in [0.1, 0.15) is 5.69 Å². The molecule has 29 heavy (non-hydrogen) atoms. The van der Waals surface area contributed by atoms with Gasteiger partial charge in [0.05, 0.1) is 17.2 Å². The van der Waals surface area contributed by atoms with E-state index in [4.69, 9.17) is 0 Å². The van der Waals surface area contributed by atoms with Gasteiger partial charge in [-0.2, -0.15) is 13.2 Å². The molecule has 0 radical (unpaired) electrons. The molecule has 1 fully saturated rings. The van der Waals surface area contributed by atoms with E-state index < -0.39 is 23.7 Å². The third-order valence-corrected chi connectivity index (χ3v) is 4.95. The summed E-state index contributed by atoms with van der Waals surface area (Å²) in [4.78, 5) is 36.6. The van der Waals surface area contributed by atoms with Crippen molar-refractivity contribution >= 4 is 11.8 Å². The SMILES string of the molecule is Cc1nc(C(F)(F)F)ccc1C(=O)N1CCN(C)C(=O)[C@@H](Cc2ccccn2)C1. The molecule has 0 unspecified atom stereocenters. The van der Waals surface area contributed by atoms with Gasteiger partial charge in [0.15, 0.2) is 0 Å². The van der Waals surface area contributed by atoms with Gasteiger partial charge in [0, 0.05) is 45.0 Å². The lowest BCUT2D eigenvalue weighted by Gasteiger charge is -2.24. The summed E-state index contributed by atoms with van der Waals surface area (Å²) >= 11 is 0. The Bertz CT molecular complexity index is 902. The Morgan fingerprint density at radius 1 is 1.21 bits per heavy atom. The van der Waals surface area contributed by atoms with E-state index in [1.54, 1.807) is 24.2 Å². The summed E-state index contributed by atoms with van der Waals surface area (Å²) < 4.78 is 38.5. The lowest BCUT2D eigenvalue weighted by molar-refractivity contribution is -0.141. The number of aromatic nitrogens is 2. The smallest absolute Gasteiger partial charge is 0.344 e. The van der Waals surface area contributed by atoms with Crippen molar-refractivity contribution in [3.05, 3.63) is 59.2 Å². The first kappa shape index (κ1) is 20.8. The third-order valence-electron chi connectivity index (χ3n) is 4.95. The monoisotopic (exact) mass is 406 g/mol. The first-order valence-corrected chi connectivity index (χ1v) is 9.16. The number of hydrogen-bond donors (Lipinski definition) is 0. The summed E-state index contributed by atoms with van der Waals surface area (Å²) in [6.45, 7) is 2.18. The minimum Gasteiger partial charge on any atom is -0.344 e. The molecule has 1 saturated heterocycles. The van der Waals surface area contributed by atoms with Gasteiger partial charge in [-0.15, -0.1) is 0 Å². The maximum absolute atomic E-state index is 13.0. The van der Waals surface area contributed by atoms with Crippen LogP contribution < -0.4 is 0 Å². The van der Waals surface area contributed by atoms with E-state index in [1.807, 2.05) is 12.1 Å². The van der Waals surface area contributed by atoms with Gasteiger partial charge < -0.3 is 9.80 Å². The number of hydrogen-bond acceptors (Lipinski definition) is 4. The highest BCUT2D eigenvalue weighted by Crippen LogP contribution is 2.28. The summed E-state index contributed by atoms with van der Waals surface area (Å²) in [5.74, 6) is -1.00. The van der Waals surface area contributed by atoms with E-state index in [0.29, 0.717) is 19.5 Å². The number of aryl methyl sites for hydroxylation is 1. The molecule has 1 aliphatic rings. The van der Waals surface area contributed by atoms with Crippen molar-refractivity contribution in [1.29, 1.82) is 0 Å². The van der Waals surface area contributed by atoms with Crippen LogP contribution in [0.5, 0.6) is 0 Å². The summed E-state index contributed by atoms with van der Waals surface area (Å²) in [6, 6.07) is 7.38. The maximum Gasteiger partial charge on any atom is 0.433 e. The van der Waals surface area contributed by atoms with Crippen molar-refractivity contribution in [2.24, 2.45) is 5.92 Å². The van der Waals surface area contributed by atoms with Crippen molar-refractivity contribution < 1.29 is 22.8 Å². The molecule has 2 aromatic heterocycles. The number of halogens is 3. The average Bonchev–Trinajstić information content (AvgIpc) is 2.81. The minimum atomic E-state index is -4.57. The van der Waals surface area contributed by atoms with Crippen LogP contribution in [0.3, 0.4) is 0 Å². The fourth-order valence-corrected chi connectivity index (χ4v) is 3.35. The molecule has 0 aliphatic carbocycles. The first-order chi connectivity index (χ1) is 13.7. The Labute approximate surface area is 166 Å². The highest BCUT2D eigenvalue weighted by atomic mass is 19.4. The molecule has 2 aromatic rings. The second-order valence-electron chi connectivity index (χ2n) is 7.06. The van der Waals surface area contributed by atoms with Gasteiger partial charge in [-0.1, -0.05) is 6.07 Å². The molecule has 2 amide bonds. The predicted molar refractivity (Wildman–Crippen MR) is 98.9 cm³/mol. The summed E-state index contributed by atoms with van der Waals surface area (Å²) in [5.41, 5.74) is -0.187. The number of likely N-dealkylation sites (N-methyl/N-ethyl adjacent to an activating group) is 1. The van der Waals surface area contributed by atoms with Crippen molar-refractivity contribution in [3.63, 3.8) is 0 Å². The minimum absolute atomic E-state index is 0.00929. The number of pyridine rings is 2. The van der Waals surface area contributed by atoms with Crippen LogP contribution in [-0.2, 0) is 17.4 Å². The van der Waals surface area contributed by atoms with Crippen LogP contribution in [-0.4, -0.2) is 58.3 Å². The van der Waals surface area contributed by atoms with Crippen molar-refractivity contribution in [2.45, 2.75) is 19.5 Å². The Kier molecular flexibility index (Phi) is 5.86. The molecule has 0 spiro atoms. The fraction of sp³-hybridized carbons (Fsp3) is 0.400. The van der Waals surface area contributed by atoms with Gasteiger partial charge in [0.25, 0.3) is 5.91 Å². The van der Waals surface area contributed by atoms with Gasteiger partial charge in [-0.3, -0.25) is 14.6 Å². The highest BCUT2D eigenvalue weighted by molar-refractivity contribution is 5.95. The van der Waals surface area contributed by atoms with Crippen LogP contribution in [0.1, 0.15) is 27.4 Å². The van der Waals surface area contributed by atoms with Gasteiger partial charge in [0.2, 0.25) is 5.91 Å². The van der Waals surface area contributed by atoms with E-state index in [0.717, 1.165) is 17.8 Å². The largest absolute Gasteiger partial charge is 0.433 e. The second kappa shape index (κ2) is 8.18.